The van der Waals surface area contributed by atoms with Crippen molar-refractivity contribution in [2.45, 2.75) is 51.6 Å². The molecule has 0 aromatic rings. The minimum absolute atomic E-state index is 0.224. The maximum Gasteiger partial charge on any atom is 0.0802 e. The molecule has 3 unspecified atom stereocenters. The second kappa shape index (κ2) is 4.11. The normalized spacial score (nSPS) is 37.5. The van der Waals surface area contributed by atoms with E-state index in [-0.39, 0.29) is 5.92 Å². The highest BCUT2D eigenvalue weighted by Crippen LogP contribution is 2.34. The maximum absolute atomic E-state index is 10.2. The first-order valence-electron chi connectivity index (χ1n) is 5.20. The fourth-order valence-corrected chi connectivity index (χ4v) is 2.08. The molecule has 1 aliphatic rings. The van der Waals surface area contributed by atoms with Crippen molar-refractivity contribution in [1.82, 2.24) is 0 Å². The van der Waals surface area contributed by atoms with Crippen molar-refractivity contribution in [2.75, 3.05) is 0 Å². The molecule has 2 nitrogen and oxygen atoms in total. The van der Waals surface area contributed by atoms with E-state index >= 15 is 0 Å². The summed E-state index contributed by atoms with van der Waals surface area (Å²) in [7, 11) is 0. The highest BCUT2D eigenvalue weighted by molar-refractivity contribution is 4.97. The summed E-state index contributed by atoms with van der Waals surface area (Å²) in [5, 5.41) is 19.0. The average Bonchev–Trinajstić information content (AvgIpc) is 2.28. The molecular weight excluding hydrogens is 162 g/mol. The van der Waals surface area contributed by atoms with Crippen LogP contribution in [0, 0.1) is 23.2 Å². The van der Waals surface area contributed by atoms with Crippen LogP contribution in [0.5, 0.6) is 0 Å². The van der Waals surface area contributed by atoms with Gasteiger partial charge in [0.2, 0.25) is 0 Å². The van der Waals surface area contributed by atoms with E-state index in [1.54, 1.807) is 0 Å². The van der Waals surface area contributed by atoms with Crippen LogP contribution in [0.4, 0.5) is 0 Å². The third kappa shape index (κ3) is 2.45. The molecular formula is C11H19NO. The topological polar surface area (TPSA) is 44.0 Å². The minimum atomic E-state index is -0.709. The van der Waals surface area contributed by atoms with Gasteiger partial charge < -0.3 is 5.11 Å². The molecule has 0 bridgehead atoms. The Morgan fingerprint density at radius 1 is 1.46 bits per heavy atom. The molecule has 1 rings (SSSR count). The number of nitriles is 1. The molecule has 0 aliphatic heterocycles. The zero-order valence-electron chi connectivity index (χ0n) is 8.58. The van der Waals surface area contributed by atoms with Crippen molar-refractivity contribution in [3.8, 4) is 6.07 Å². The molecule has 0 aromatic carbocycles. The molecule has 0 spiro atoms. The van der Waals surface area contributed by atoms with Crippen LogP contribution in [0.3, 0.4) is 0 Å². The van der Waals surface area contributed by atoms with Crippen molar-refractivity contribution in [3.05, 3.63) is 0 Å². The van der Waals surface area contributed by atoms with Crippen LogP contribution in [0.1, 0.15) is 46.0 Å². The van der Waals surface area contributed by atoms with E-state index < -0.39 is 5.60 Å². The molecule has 1 N–H and O–H groups in total. The molecule has 2 heteroatoms. The molecule has 13 heavy (non-hydrogen) atoms. The van der Waals surface area contributed by atoms with E-state index in [2.05, 4.69) is 13.0 Å². The zero-order valence-corrected chi connectivity index (χ0v) is 8.58. The van der Waals surface area contributed by atoms with E-state index in [1.165, 1.54) is 6.42 Å². The lowest BCUT2D eigenvalue weighted by atomic mass is 9.83. The Morgan fingerprint density at radius 2 is 2.15 bits per heavy atom. The van der Waals surface area contributed by atoms with Gasteiger partial charge in [-0.15, -0.1) is 0 Å². The largest absolute Gasteiger partial charge is 0.389 e. The summed E-state index contributed by atoms with van der Waals surface area (Å²) in [6, 6.07) is 2.17. The van der Waals surface area contributed by atoms with Gasteiger partial charge in [0, 0.05) is 0 Å². The smallest absolute Gasteiger partial charge is 0.0802 e. The fraction of sp³-hybridized carbons (Fsp3) is 0.909. The Hall–Kier alpha value is -0.550. The first-order chi connectivity index (χ1) is 6.08. The number of aliphatic hydroxyl groups is 1. The second-order valence-electron chi connectivity index (χ2n) is 4.49. The molecule has 74 valence electrons. The highest BCUT2D eigenvalue weighted by Gasteiger charge is 2.35. The van der Waals surface area contributed by atoms with Crippen LogP contribution in [-0.4, -0.2) is 10.7 Å². The molecule has 0 radical (unpaired) electrons. The first-order valence-corrected chi connectivity index (χ1v) is 5.20. The van der Waals surface area contributed by atoms with Crippen LogP contribution >= 0.6 is 0 Å². The Morgan fingerprint density at radius 3 is 2.77 bits per heavy atom. The lowest BCUT2D eigenvalue weighted by Crippen LogP contribution is -2.35. The third-order valence-corrected chi connectivity index (χ3v) is 3.38. The Bertz CT molecular complexity index is 209. The summed E-state index contributed by atoms with van der Waals surface area (Å²) < 4.78 is 0. The summed E-state index contributed by atoms with van der Waals surface area (Å²) in [6.45, 7) is 4.05. The van der Waals surface area contributed by atoms with Gasteiger partial charge in [0.05, 0.1) is 17.6 Å². The van der Waals surface area contributed by atoms with Gasteiger partial charge in [0.15, 0.2) is 0 Å². The molecule has 0 heterocycles. The Balaban J connectivity index is 2.63. The van der Waals surface area contributed by atoms with E-state index in [9.17, 15) is 5.11 Å². The van der Waals surface area contributed by atoms with Gasteiger partial charge in [0.1, 0.15) is 0 Å². The van der Waals surface area contributed by atoms with E-state index in [0.717, 1.165) is 25.7 Å². The lowest BCUT2D eigenvalue weighted by molar-refractivity contribution is -0.00677. The van der Waals surface area contributed by atoms with Gasteiger partial charge in [-0.3, -0.25) is 0 Å². The molecule has 1 fully saturated rings. The van der Waals surface area contributed by atoms with Crippen LogP contribution in [0.25, 0.3) is 0 Å². The summed E-state index contributed by atoms with van der Waals surface area (Å²) in [5.74, 6) is 0.484. The first kappa shape index (κ1) is 10.5. The van der Waals surface area contributed by atoms with E-state index in [1.807, 2.05) is 6.92 Å². The van der Waals surface area contributed by atoms with Gasteiger partial charge in [0.25, 0.3) is 0 Å². The van der Waals surface area contributed by atoms with Crippen molar-refractivity contribution < 1.29 is 5.11 Å². The van der Waals surface area contributed by atoms with Crippen molar-refractivity contribution in [1.29, 1.82) is 5.26 Å². The van der Waals surface area contributed by atoms with Crippen LogP contribution in [-0.2, 0) is 0 Å². The summed E-state index contributed by atoms with van der Waals surface area (Å²) >= 11 is 0. The van der Waals surface area contributed by atoms with Gasteiger partial charge in [-0.25, -0.2) is 0 Å². The molecule has 3 atom stereocenters. The molecule has 0 saturated heterocycles. The predicted octanol–water partition coefficient (Wildman–Crippen LogP) is 2.48. The van der Waals surface area contributed by atoms with Gasteiger partial charge >= 0.3 is 0 Å². The molecule has 0 aromatic heterocycles. The van der Waals surface area contributed by atoms with Crippen molar-refractivity contribution in [2.24, 2.45) is 11.8 Å². The number of hydrogen-bond acceptors (Lipinski definition) is 2. The van der Waals surface area contributed by atoms with Crippen LogP contribution in [0.2, 0.25) is 0 Å². The summed E-state index contributed by atoms with van der Waals surface area (Å²) in [6.07, 6.45) is 4.90. The van der Waals surface area contributed by atoms with Crippen LogP contribution < -0.4 is 0 Å². The standard InChI is InChI=1S/C11H19NO/c1-9-4-3-6-11(13,7-5-9)10(2)8-12/h9-10,13H,3-7H2,1-2H3. The molecule has 1 saturated carbocycles. The highest BCUT2D eigenvalue weighted by atomic mass is 16.3. The predicted molar refractivity (Wildman–Crippen MR) is 52.0 cm³/mol. The van der Waals surface area contributed by atoms with Crippen molar-refractivity contribution >= 4 is 0 Å². The lowest BCUT2D eigenvalue weighted by Gasteiger charge is -2.28. The van der Waals surface area contributed by atoms with Gasteiger partial charge in [-0.2, -0.15) is 5.26 Å². The van der Waals surface area contributed by atoms with Crippen LogP contribution in [0.15, 0.2) is 0 Å². The van der Waals surface area contributed by atoms with E-state index in [0.29, 0.717) is 5.92 Å². The van der Waals surface area contributed by atoms with Crippen molar-refractivity contribution in [3.63, 3.8) is 0 Å². The summed E-state index contributed by atoms with van der Waals surface area (Å²) in [4.78, 5) is 0. The number of nitrogens with zero attached hydrogens (tertiary/aromatic N) is 1. The maximum atomic E-state index is 10.2. The molecule has 1 aliphatic carbocycles. The minimum Gasteiger partial charge on any atom is -0.389 e. The van der Waals surface area contributed by atoms with Gasteiger partial charge in [-0.05, 0) is 32.1 Å². The molecule has 0 amide bonds. The number of rotatable bonds is 1. The third-order valence-electron chi connectivity index (χ3n) is 3.38. The Labute approximate surface area is 80.6 Å². The fourth-order valence-electron chi connectivity index (χ4n) is 2.08. The number of hydrogen-bond donors (Lipinski definition) is 1. The summed E-state index contributed by atoms with van der Waals surface area (Å²) in [5.41, 5.74) is -0.709. The quantitative estimate of drug-likeness (QED) is 0.631. The monoisotopic (exact) mass is 181 g/mol. The average molecular weight is 181 g/mol. The zero-order chi connectivity index (χ0) is 9.90. The second-order valence-corrected chi connectivity index (χ2v) is 4.49. The van der Waals surface area contributed by atoms with E-state index in [4.69, 9.17) is 5.26 Å². The Kier molecular flexibility index (Phi) is 3.33. The SMILES string of the molecule is CC1CCCC(O)(C(C)C#N)CC1. The van der Waals surface area contributed by atoms with Gasteiger partial charge in [-0.1, -0.05) is 19.8 Å².